The largest absolute Gasteiger partial charge is 0.610 e. The van der Waals surface area contributed by atoms with Gasteiger partial charge in [0, 0.05) is 29.9 Å². The molecule has 8 nitrogen and oxygen atoms in total. The van der Waals surface area contributed by atoms with Crippen LogP contribution in [-0.4, -0.2) is 62.1 Å². The molecule has 2 amide bonds. The minimum Gasteiger partial charge on any atom is -0.610 e. The first-order valence-electron chi connectivity index (χ1n) is 11.2. The van der Waals surface area contributed by atoms with Crippen LogP contribution in [0.25, 0.3) is 0 Å². The molecule has 2 aliphatic rings. The molecule has 0 radical (unpaired) electrons. The first kappa shape index (κ1) is 24.3. The maximum atomic E-state index is 13.3. The predicted molar refractivity (Wildman–Crippen MR) is 121 cm³/mol. The summed E-state index contributed by atoms with van der Waals surface area (Å²) in [6, 6.07) is 0.257. The van der Waals surface area contributed by atoms with E-state index in [1.807, 2.05) is 4.90 Å². The fraction of sp³-hybridized carbons (Fsp3) is 0.762. The monoisotopic (exact) mass is 471 g/mol. The smallest absolute Gasteiger partial charge is 0.354 e. The van der Waals surface area contributed by atoms with Gasteiger partial charge in [-0.1, -0.05) is 26.2 Å². The Morgan fingerprint density at radius 3 is 2.55 bits per heavy atom. The number of carboxylic acid groups (broad SMARTS) is 1. The number of carbonyl (C=O) groups is 2. The van der Waals surface area contributed by atoms with Gasteiger partial charge in [0.25, 0.3) is 0 Å². The number of carbonyl (C=O) groups excluding carboxylic acids is 1. The summed E-state index contributed by atoms with van der Waals surface area (Å²) in [6.45, 7) is 2.90. The molecule has 31 heavy (non-hydrogen) atoms. The average molecular weight is 472 g/mol. The van der Waals surface area contributed by atoms with Crippen LogP contribution in [-0.2, 0) is 20.7 Å². The van der Waals surface area contributed by atoms with Crippen molar-refractivity contribution in [2.45, 2.75) is 93.5 Å². The van der Waals surface area contributed by atoms with Crippen LogP contribution in [0.15, 0.2) is 10.4 Å². The molecule has 1 heterocycles. The second kappa shape index (κ2) is 12.0. The van der Waals surface area contributed by atoms with Gasteiger partial charge in [-0.25, -0.2) is 14.6 Å². The minimum absolute atomic E-state index is 0.158. The van der Waals surface area contributed by atoms with Gasteiger partial charge in [-0.2, -0.15) is 0 Å². The van der Waals surface area contributed by atoms with E-state index in [2.05, 4.69) is 17.2 Å². The van der Waals surface area contributed by atoms with E-state index in [1.54, 1.807) is 0 Å². The topological polar surface area (TPSA) is 115 Å². The van der Waals surface area contributed by atoms with Crippen LogP contribution < -0.4 is 5.32 Å². The molecule has 1 atom stereocenters. The lowest BCUT2D eigenvalue weighted by atomic mass is 9.88. The third-order valence-corrected chi connectivity index (χ3v) is 8.55. The number of nitrogens with one attached hydrogen (secondary N) is 1. The Balaban J connectivity index is 1.64. The Bertz CT molecular complexity index is 718. The van der Waals surface area contributed by atoms with Gasteiger partial charge in [-0.05, 0) is 56.3 Å². The third kappa shape index (κ3) is 7.06. The Morgan fingerprint density at radius 1 is 1.23 bits per heavy atom. The number of amides is 2. The van der Waals surface area contributed by atoms with Crippen LogP contribution in [0, 0.1) is 0 Å². The molecule has 3 rings (SSSR count). The molecule has 174 valence electrons. The summed E-state index contributed by atoms with van der Waals surface area (Å²) in [6.07, 6.45) is 12.0. The van der Waals surface area contributed by atoms with Crippen LogP contribution in [0.3, 0.4) is 0 Å². The molecule has 10 heteroatoms. The van der Waals surface area contributed by atoms with E-state index in [-0.39, 0.29) is 18.1 Å². The van der Waals surface area contributed by atoms with Gasteiger partial charge in [0.15, 0.2) is 5.13 Å². The van der Waals surface area contributed by atoms with Crippen molar-refractivity contribution in [2.24, 2.45) is 0 Å². The number of nitrogens with zero attached hydrogens (tertiary/aromatic N) is 2. The molecule has 2 saturated carbocycles. The average Bonchev–Trinajstić information content (AvgIpc) is 3.22. The number of anilines is 1. The molecule has 0 bridgehead atoms. The SMILES string of the molecule is CCCO[C@H]1CC[C@H](N(C(=O)Nc2ncc([S@+]([O-])CC(=O)O)s2)C2CCCCC2)CC1. The van der Waals surface area contributed by atoms with Crippen LogP contribution >= 0.6 is 11.3 Å². The van der Waals surface area contributed by atoms with Gasteiger partial charge in [-0.3, -0.25) is 5.32 Å². The van der Waals surface area contributed by atoms with Crippen molar-refractivity contribution in [3.8, 4) is 0 Å². The van der Waals surface area contributed by atoms with Crippen molar-refractivity contribution in [2.75, 3.05) is 17.7 Å². The summed E-state index contributed by atoms with van der Waals surface area (Å²) in [4.78, 5) is 30.3. The van der Waals surface area contributed by atoms with E-state index in [0.29, 0.717) is 15.4 Å². The zero-order valence-electron chi connectivity index (χ0n) is 18.1. The normalized spacial score (nSPS) is 23.3. The third-order valence-electron chi connectivity index (χ3n) is 5.97. The van der Waals surface area contributed by atoms with Crippen LogP contribution in [0.1, 0.15) is 71.1 Å². The van der Waals surface area contributed by atoms with Gasteiger partial charge in [0.1, 0.15) is 0 Å². The number of rotatable bonds is 9. The Labute approximate surface area is 190 Å². The lowest BCUT2D eigenvalue weighted by Crippen LogP contribution is -2.51. The van der Waals surface area contributed by atoms with E-state index >= 15 is 0 Å². The first-order chi connectivity index (χ1) is 15.0. The molecular formula is C21H33N3O5S2. The van der Waals surface area contributed by atoms with Crippen molar-refractivity contribution in [3.63, 3.8) is 0 Å². The van der Waals surface area contributed by atoms with Crippen molar-refractivity contribution < 1.29 is 24.0 Å². The Hall–Kier alpha value is -1.36. The zero-order valence-corrected chi connectivity index (χ0v) is 19.7. The second-order valence-electron chi connectivity index (χ2n) is 8.30. The number of ether oxygens (including phenoxy) is 1. The molecule has 2 aliphatic carbocycles. The highest BCUT2D eigenvalue weighted by molar-refractivity contribution is 7.94. The van der Waals surface area contributed by atoms with Gasteiger partial charge in [-0.15, -0.1) is 0 Å². The summed E-state index contributed by atoms with van der Waals surface area (Å²) in [5.41, 5.74) is 0. The number of hydrogen-bond donors (Lipinski definition) is 2. The van der Waals surface area contributed by atoms with Gasteiger partial charge < -0.3 is 19.3 Å². The fourth-order valence-corrected chi connectivity index (χ4v) is 6.39. The number of hydrogen-bond acceptors (Lipinski definition) is 6. The molecule has 0 aromatic carbocycles. The molecule has 0 aliphatic heterocycles. The highest BCUT2D eigenvalue weighted by Gasteiger charge is 2.35. The van der Waals surface area contributed by atoms with Crippen molar-refractivity contribution in [1.29, 1.82) is 0 Å². The van der Waals surface area contributed by atoms with E-state index < -0.39 is 22.9 Å². The highest BCUT2D eigenvalue weighted by atomic mass is 32.2. The molecule has 2 N–H and O–H groups in total. The summed E-state index contributed by atoms with van der Waals surface area (Å²) in [5, 5.41) is 12.1. The van der Waals surface area contributed by atoms with E-state index in [1.165, 1.54) is 12.6 Å². The van der Waals surface area contributed by atoms with Crippen LogP contribution in [0.4, 0.5) is 9.93 Å². The first-order valence-corrected chi connectivity index (χ1v) is 13.4. The second-order valence-corrected chi connectivity index (χ2v) is 11.0. The summed E-state index contributed by atoms with van der Waals surface area (Å²) in [5.74, 6) is -1.59. The van der Waals surface area contributed by atoms with Gasteiger partial charge in [0.05, 0.1) is 12.3 Å². The zero-order chi connectivity index (χ0) is 22.2. The standard InChI is InChI=1S/C21H33N3O5S2/c1-2-12-29-17-10-8-16(9-11-17)24(15-6-4-3-5-7-15)21(27)23-20-22-13-19(30-20)31(28)14-18(25)26/h13,15-17H,2-12,14H2,1H3,(H,25,26)(H,22,23,27)/t16-,17-,31-/m1/s1. The summed E-state index contributed by atoms with van der Waals surface area (Å²) < 4.78 is 18.3. The molecule has 0 saturated heterocycles. The molecule has 1 aromatic rings. The van der Waals surface area contributed by atoms with Crippen LogP contribution in [0.5, 0.6) is 0 Å². The minimum atomic E-state index is -1.66. The Morgan fingerprint density at radius 2 is 1.90 bits per heavy atom. The molecule has 2 fully saturated rings. The van der Waals surface area contributed by atoms with E-state index in [0.717, 1.165) is 75.7 Å². The number of aromatic nitrogens is 1. The maximum Gasteiger partial charge on any atom is 0.354 e. The number of thiazole rings is 1. The fourth-order valence-electron chi connectivity index (χ4n) is 4.53. The number of aliphatic carboxylic acids is 1. The summed E-state index contributed by atoms with van der Waals surface area (Å²) in [7, 11) is 0. The lowest BCUT2D eigenvalue weighted by Gasteiger charge is -2.42. The molecule has 0 spiro atoms. The van der Waals surface area contributed by atoms with Gasteiger partial charge >= 0.3 is 12.0 Å². The van der Waals surface area contributed by atoms with E-state index in [4.69, 9.17) is 9.84 Å². The van der Waals surface area contributed by atoms with Crippen molar-refractivity contribution in [1.82, 2.24) is 9.88 Å². The molecule has 1 aromatic heterocycles. The Kier molecular flexibility index (Phi) is 9.43. The molecular weight excluding hydrogens is 438 g/mol. The quantitative estimate of drug-likeness (QED) is 0.521. The predicted octanol–water partition coefficient (Wildman–Crippen LogP) is 4.24. The number of carboxylic acids is 1. The number of urea groups is 1. The lowest BCUT2D eigenvalue weighted by molar-refractivity contribution is -0.134. The summed E-state index contributed by atoms with van der Waals surface area (Å²) >= 11 is -0.578. The van der Waals surface area contributed by atoms with Crippen molar-refractivity contribution >= 4 is 39.6 Å². The van der Waals surface area contributed by atoms with Crippen LogP contribution in [0.2, 0.25) is 0 Å². The van der Waals surface area contributed by atoms with Crippen molar-refractivity contribution in [3.05, 3.63) is 6.20 Å². The highest BCUT2D eigenvalue weighted by Crippen LogP contribution is 2.32. The maximum absolute atomic E-state index is 13.3. The molecule has 0 unspecified atom stereocenters. The van der Waals surface area contributed by atoms with Gasteiger partial charge in [0.2, 0.25) is 9.96 Å². The van der Waals surface area contributed by atoms with E-state index in [9.17, 15) is 14.1 Å².